The summed E-state index contributed by atoms with van der Waals surface area (Å²) in [5, 5.41) is 0.519. The van der Waals surface area contributed by atoms with Gasteiger partial charge in [-0.2, -0.15) is 0 Å². The number of ether oxygens (including phenoxy) is 1. The highest BCUT2D eigenvalue weighted by Crippen LogP contribution is 2.10. The number of likely N-dealkylation sites (tertiary alicyclic amines) is 1. The maximum absolute atomic E-state index is 12.0. The van der Waals surface area contributed by atoms with Crippen LogP contribution in [0, 0.1) is 0 Å². The van der Waals surface area contributed by atoms with Crippen molar-refractivity contribution in [2.45, 2.75) is 32.1 Å². The molecule has 1 aromatic heterocycles. The second-order valence-corrected chi connectivity index (χ2v) is 6.09. The molecule has 0 saturated carbocycles. The van der Waals surface area contributed by atoms with Gasteiger partial charge in [-0.15, -0.1) is 0 Å². The molecule has 0 bridgehead atoms. The first-order valence-corrected chi connectivity index (χ1v) is 8.51. The summed E-state index contributed by atoms with van der Waals surface area (Å²) in [6, 6.07) is 7.03. The van der Waals surface area contributed by atoms with E-state index in [-0.39, 0.29) is 17.9 Å². The largest absolute Gasteiger partial charge is 0.456 e. The fourth-order valence-electron chi connectivity index (χ4n) is 2.86. The number of aryl methyl sites for hydroxylation is 1. The minimum Gasteiger partial charge on any atom is -0.456 e. The Morgan fingerprint density at radius 1 is 1.23 bits per heavy atom. The number of H-pyrrole nitrogens is 1. The molecule has 2 heterocycles. The van der Waals surface area contributed by atoms with Gasteiger partial charge in [0.15, 0.2) is 6.61 Å². The monoisotopic (exact) mass is 357 g/mol. The van der Waals surface area contributed by atoms with Gasteiger partial charge in [0.2, 0.25) is 5.91 Å². The molecule has 1 N–H and O–H groups in total. The summed E-state index contributed by atoms with van der Waals surface area (Å²) in [5.74, 6) is -0.730. The molecule has 1 aliphatic heterocycles. The zero-order valence-corrected chi connectivity index (χ0v) is 14.2. The van der Waals surface area contributed by atoms with Gasteiger partial charge in [-0.3, -0.25) is 24.1 Å². The molecule has 1 saturated heterocycles. The van der Waals surface area contributed by atoms with Gasteiger partial charge < -0.3 is 9.72 Å². The number of carbonyl (C=O) groups is 3. The molecule has 2 aromatic rings. The van der Waals surface area contributed by atoms with E-state index in [4.69, 9.17) is 4.74 Å². The molecule has 8 heteroatoms. The highest BCUT2D eigenvalue weighted by atomic mass is 16.5. The van der Waals surface area contributed by atoms with Crippen molar-refractivity contribution in [1.82, 2.24) is 14.9 Å². The van der Waals surface area contributed by atoms with Gasteiger partial charge in [0.1, 0.15) is 5.82 Å². The molecular weight excluding hydrogens is 338 g/mol. The van der Waals surface area contributed by atoms with Gasteiger partial charge in [-0.05, 0) is 25.0 Å². The minimum atomic E-state index is -0.520. The molecule has 0 spiro atoms. The number of fused-ring (bicyclic) bond motifs is 1. The molecule has 8 nitrogen and oxygen atoms in total. The number of imide groups is 1. The lowest BCUT2D eigenvalue weighted by molar-refractivity contribution is -0.154. The SMILES string of the molecule is O=C(CCCc1nc2ccccc2c(=O)[nH]1)OCC(=O)N1CCCC1=O. The average molecular weight is 357 g/mol. The third kappa shape index (κ3) is 4.14. The highest BCUT2D eigenvalue weighted by molar-refractivity contribution is 5.97. The minimum absolute atomic E-state index is 0.0950. The number of amides is 2. The molecule has 0 aliphatic carbocycles. The normalized spacial score (nSPS) is 14.0. The summed E-state index contributed by atoms with van der Waals surface area (Å²) in [4.78, 5) is 55.1. The van der Waals surface area contributed by atoms with Crippen LogP contribution in [0.1, 0.15) is 31.5 Å². The van der Waals surface area contributed by atoms with Crippen LogP contribution in [0.25, 0.3) is 10.9 Å². The van der Waals surface area contributed by atoms with Crippen molar-refractivity contribution in [3.8, 4) is 0 Å². The van der Waals surface area contributed by atoms with Gasteiger partial charge in [0.25, 0.3) is 11.5 Å². The van der Waals surface area contributed by atoms with Crippen LogP contribution in [0.4, 0.5) is 0 Å². The van der Waals surface area contributed by atoms with Gasteiger partial charge in [0.05, 0.1) is 10.9 Å². The molecular formula is C18H19N3O5. The van der Waals surface area contributed by atoms with Crippen LogP contribution < -0.4 is 5.56 Å². The Morgan fingerprint density at radius 3 is 2.81 bits per heavy atom. The Morgan fingerprint density at radius 2 is 2.04 bits per heavy atom. The van der Waals surface area contributed by atoms with Crippen molar-refractivity contribution < 1.29 is 19.1 Å². The predicted molar refractivity (Wildman–Crippen MR) is 92.2 cm³/mol. The van der Waals surface area contributed by atoms with Gasteiger partial charge in [-0.25, -0.2) is 4.98 Å². The number of hydrogen-bond donors (Lipinski definition) is 1. The number of para-hydroxylation sites is 1. The van der Waals surface area contributed by atoms with Gasteiger partial charge in [0, 0.05) is 25.8 Å². The molecule has 0 atom stereocenters. The third-order valence-electron chi connectivity index (χ3n) is 4.19. The first kappa shape index (κ1) is 17.8. The van der Waals surface area contributed by atoms with Crippen molar-refractivity contribution in [1.29, 1.82) is 0 Å². The first-order chi connectivity index (χ1) is 12.5. The van der Waals surface area contributed by atoms with Crippen LogP contribution >= 0.6 is 0 Å². The second kappa shape index (κ2) is 7.90. The number of nitrogens with zero attached hydrogens (tertiary/aromatic N) is 2. The third-order valence-corrected chi connectivity index (χ3v) is 4.19. The molecule has 2 amide bonds. The highest BCUT2D eigenvalue weighted by Gasteiger charge is 2.26. The van der Waals surface area contributed by atoms with Crippen molar-refractivity contribution in [2.75, 3.05) is 13.2 Å². The fourth-order valence-corrected chi connectivity index (χ4v) is 2.86. The summed E-state index contributed by atoms with van der Waals surface area (Å²) in [5.41, 5.74) is 0.392. The summed E-state index contributed by atoms with van der Waals surface area (Å²) in [6.45, 7) is -0.0359. The van der Waals surface area contributed by atoms with E-state index in [1.165, 1.54) is 0 Å². The maximum atomic E-state index is 12.0. The molecule has 0 unspecified atom stereocenters. The van der Waals surface area contributed by atoms with E-state index in [1.807, 2.05) is 0 Å². The topological polar surface area (TPSA) is 109 Å². The van der Waals surface area contributed by atoms with E-state index in [1.54, 1.807) is 24.3 Å². The number of carbonyl (C=O) groups excluding carboxylic acids is 3. The number of rotatable bonds is 6. The molecule has 1 aromatic carbocycles. The first-order valence-electron chi connectivity index (χ1n) is 8.51. The molecule has 26 heavy (non-hydrogen) atoms. The van der Waals surface area contributed by atoms with E-state index in [9.17, 15) is 19.2 Å². The Labute approximate surface area is 149 Å². The van der Waals surface area contributed by atoms with Crippen molar-refractivity contribution >= 4 is 28.7 Å². The second-order valence-electron chi connectivity index (χ2n) is 6.09. The van der Waals surface area contributed by atoms with Crippen LogP contribution in [-0.4, -0.2) is 45.8 Å². The van der Waals surface area contributed by atoms with E-state index in [0.29, 0.717) is 49.0 Å². The van der Waals surface area contributed by atoms with Crippen molar-refractivity contribution in [2.24, 2.45) is 0 Å². The van der Waals surface area contributed by atoms with Crippen LogP contribution in [0.3, 0.4) is 0 Å². The Balaban J connectivity index is 1.46. The lowest BCUT2D eigenvalue weighted by Crippen LogP contribution is -2.35. The fraction of sp³-hybridized carbons (Fsp3) is 0.389. The number of nitrogens with one attached hydrogen (secondary N) is 1. The summed E-state index contributed by atoms with van der Waals surface area (Å²) >= 11 is 0. The Kier molecular flexibility index (Phi) is 5.40. The smallest absolute Gasteiger partial charge is 0.306 e. The molecule has 136 valence electrons. The van der Waals surface area contributed by atoms with Crippen molar-refractivity contribution in [3.63, 3.8) is 0 Å². The quantitative estimate of drug-likeness (QED) is 0.771. The molecule has 0 radical (unpaired) electrons. The van der Waals surface area contributed by atoms with Gasteiger partial charge in [-0.1, -0.05) is 12.1 Å². The van der Waals surface area contributed by atoms with Crippen LogP contribution in [0.2, 0.25) is 0 Å². The van der Waals surface area contributed by atoms with Crippen molar-refractivity contribution in [3.05, 3.63) is 40.4 Å². The maximum Gasteiger partial charge on any atom is 0.306 e. The number of aromatic nitrogens is 2. The zero-order valence-electron chi connectivity index (χ0n) is 14.2. The van der Waals surface area contributed by atoms with Gasteiger partial charge >= 0.3 is 5.97 Å². The van der Waals surface area contributed by atoms with E-state index >= 15 is 0 Å². The number of hydrogen-bond acceptors (Lipinski definition) is 6. The lowest BCUT2D eigenvalue weighted by atomic mass is 10.2. The predicted octanol–water partition coefficient (Wildman–Crippen LogP) is 0.938. The molecule has 1 aliphatic rings. The molecule has 3 rings (SSSR count). The van der Waals surface area contributed by atoms with E-state index in [0.717, 1.165) is 4.90 Å². The van der Waals surface area contributed by atoms with Crippen LogP contribution in [-0.2, 0) is 25.5 Å². The average Bonchev–Trinajstić information content (AvgIpc) is 3.06. The van der Waals surface area contributed by atoms with Crippen LogP contribution in [0.15, 0.2) is 29.1 Å². The number of aromatic amines is 1. The number of benzene rings is 1. The van der Waals surface area contributed by atoms with E-state index in [2.05, 4.69) is 9.97 Å². The summed E-state index contributed by atoms with van der Waals surface area (Å²) < 4.78 is 4.92. The number of esters is 1. The summed E-state index contributed by atoms with van der Waals surface area (Å²) in [6.07, 6.45) is 1.94. The Bertz CT molecular complexity index is 905. The molecule has 1 fully saturated rings. The Hall–Kier alpha value is -3.03. The standard InChI is InChI=1S/C18H19N3O5/c22-15-8-4-10-21(15)16(23)11-26-17(24)9-3-7-14-19-13-6-2-1-5-12(13)18(25)20-14/h1-2,5-6H,3-4,7-11H2,(H,19,20,25). The van der Waals surface area contributed by atoms with Crippen LogP contribution in [0.5, 0.6) is 0 Å². The zero-order chi connectivity index (χ0) is 18.5. The summed E-state index contributed by atoms with van der Waals surface area (Å²) in [7, 11) is 0. The van der Waals surface area contributed by atoms with E-state index < -0.39 is 18.5 Å². The lowest BCUT2D eigenvalue weighted by Gasteiger charge is -2.13.